The SMILES string of the molecule is CCC(=O)N1C2COCC1COC2. The van der Waals surface area contributed by atoms with E-state index < -0.39 is 0 Å². The molecule has 13 heavy (non-hydrogen) atoms. The van der Waals surface area contributed by atoms with Gasteiger partial charge in [0.05, 0.1) is 38.5 Å². The smallest absolute Gasteiger partial charge is 0.223 e. The highest BCUT2D eigenvalue weighted by molar-refractivity contribution is 5.76. The van der Waals surface area contributed by atoms with Crippen LogP contribution in [0.4, 0.5) is 0 Å². The third-order valence-corrected chi connectivity index (χ3v) is 2.62. The van der Waals surface area contributed by atoms with Crippen molar-refractivity contribution >= 4 is 5.91 Å². The molecule has 2 bridgehead atoms. The molecule has 0 spiro atoms. The van der Waals surface area contributed by atoms with E-state index in [0.717, 1.165) is 0 Å². The molecule has 0 aromatic rings. The summed E-state index contributed by atoms with van der Waals surface area (Å²) in [5.41, 5.74) is 0. The quantitative estimate of drug-likeness (QED) is 0.578. The van der Waals surface area contributed by atoms with Crippen molar-refractivity contribution in [2.45, 2.75) is 25.4 Å². The zero-order valence-corrected chi connectivity index (χ0v) is 7.86. The Bertz CT molecular complexity index is 185. The zero-order chi connectivity index (χ0) is 9.26. The van der Waals surface area contributed by atoms with Gasteiger partial charge >= 0.3 is 0 Å². The molecule has 0 aromatic heterocycles. The van der Waals surface area contributed by atoms with Gasteiger partial charge in [-0.05, 0) is 0 Å². The molecule has 0 radical (unpaired) electrons. The minimum atomic E-state index is 0.153. The number of ether oxygens (including phenoxy) is 2. The van der Waals surface area contributed by atoms with Gasteiger partial charge in [-0.1, -0.05) is 6.92 Å². The number of hydrogen-bond acceptors (Lipinski definition) is 3. The van der Waals surface area contributed by atoms with E-state index in [-0.39, 0.29) is 18.0 Å². The second-order valence-corrected chi connectivity index (χ2v) is 3.54. The summed E-state index contributed by atoms with van der Waals surface area (Å²) in [6.45, 7) is 4.41. The van der Waals surface area contributed by atoms with Crippen LogP contribution < -0.4 is 0 Å². The molecule has 2 heterocycles. The van der Waals surface area contributed by atoms with E-state index in [4.69, 9.17) is 9.47 Å². The lowest BCUT2D eigenvalue weighted by Crippen LogP contribution is -2.61. The average Bonchev–Trinajstić information content (AvgIpc) is 2.15. The van der Waals surface area contributed by atoms with Gasteiger partial charge in [-0.15, -0.1) is 0 Å². The lowest BCUT2D eigenvalue weighted by Gasteiger charge is -2.45. The summed E-state index contributed by atoms with van der Waals surface area (Å²) in [4.78, 5) is 13.5. The third kappa shape index (κ3) is 1.56. The van der Waals surface area contributed by atoms with Crippen LogP contribution in [0, 0.1) is 0 Å². The van der Waals surface area contributed by atoms with Crippen LogP contribution in [0.3, 0.4) is 0 Å². The van der Waals surface area contributed by atoms with Crippen molar-refractivity contribution in [3.05, 3.63) is 0 Å². The Balaban J connectivity index is 2.10. The number of nitrogens with zero attached hydrogens (tertiary/aromatic N) is 1. The molecule has 0 atom stereocenters. The minimum absolute atomic E-state index is 0.153. The van der Waals surface area contributed by atoms with E-state index in [0.29, 0.717) is 32.8 Å². The molecule has 2 aliphatic heterocycles. The summed E-state index contributed by atoms with van der Waals surface area (Å²) in [5, 5.41) is 0. The minimum Gasteiger partial charge on any atom is -0.377 e. The van der Waals surface area contributed by atoms with E-state index in [2.05, 4.69) is 0 Å². The van der Waals surface area contributed by atoms with E-state index >= 15 is 0 Å². The van der Waals surface area contributed by atoms with Crippen LogP contribution in [0.15, 0.2) is 0 Å². The summed E-state index contributed by atoms with van der Waals surface area (Å²) in [6, 6.07) is 0.305. The van der Waals surface area contributed by atoms with Gasteiger partial charge in [-0.3, -0.25) is 4.79 Å². The Kier molecular flexibility index (Phi) is 2.51. The molecule has 2 aliphatic rings. The van der Waals surface area contributed by atoms with E-state index in [1.807, 2.05) is 11.8 Å². The van der Waals surface area contributed by atoms with Crippen molar-refractivity contribution in [3.8, 4) is 0 Å². The Hall–Kier alpha value is -0.610. The second-order valence-electron chi connectivity index (χ2n) is 3.54. The number of morpholine rings is 2. The number of carbonyl (C=O) groups is 1. The Morgan fingerprint density at radius 3 is 2.08 bits per heavy atom. The first kappa shape index (κ1) is 8.97. The summed E-state index contributed by atoms with van der Waals surface area (Å²) in [6.07, 6.45) is 0.576. The number of carbonyl (C=O) groups excluding carboxylic acids is 1. The Morgan fingerprint density at radius 2 is 1.69 bits per heavy atom. The molecule has 2 rings (SSSR count). The summed E-state index contributed by atoms with van der Waals surface area (Å²) >= 11 is 0. The van der Waals surface area contributed by atoms with E-state index in [9.17, 15) is 4.79 Å². The van der Waals surface area contributed by atoms with Crippen molar-refractivity contribution < 1.29 is 14.3 Å². The zero-order valence-electron chi connectivity index (χ0n) is 7.86. The maximum Gasteiger partial charge on any atom is 0.223 e. The standard InChI is InChI=1S/C9H15NO3/c1-2-9(11)10-7-3-12-5-8(10)6-13-4-7/h7-8H,2-6H2,1H3. The van der Waals surface area contributed by atoms with Gasteiger partial charge in [0.2, 0.25) is 5.91 Å². The lowest BCUT2D eigenvalue weighted by atomic mass is 10.1. The highest BCUT2D eigenvalue weighted by atomic mass is 16.5. The first-order chi connectivity index (χ1) is 6.33. The topological polar surface area (TPSA) is 38.8 Å². The number of rotatable bonds is 1. The normalized spacial score (nSPS) is 33.2. The van der Waals surface area contributed by atoms with Crippen molar-refractivity contribution in [1.29, 1.82) is 0 Å². The lowest BCUT2D eigenvalue weighted by molar-refractivity contribution is -0.167. The van der Waals surface area contributed by atoms with E-state index in [1.165, 1.54) is 0 Å². The molecule has 2 saturated heterocycles. The largest absolute Gasteiger partial charge is 0.377 e. The van der Waals surface area contributed by atoms with Gasteiger partial charge in [0.1, 0.15) is 0 Å². The maximum absolute atomic E-state index is 11.6. The first-order valence-electron chi connectivity index (χ1n) is 4.79. The van der Waals surface area contributed by atoms with Gasteiger partial charge in [0.25, 0.3) is 0 Å². The van der Waals surface area contributed by atoms with Crippen LogP contribution in [0.2, 0.25) is 0 Å². The molecule has 74 valence electrons. The van der Waals surface area contributed by atoms with Crippen molar-refractivity contribution in [2.24, 2.45) is 0 Å². The summed E-state index contributed by atoms with van der Waals surface area (Å²) in [5.74, 6) is 0.224. The molecule has 0 N–H and O–H groups in total. The molecular weight excluding hydrogens is 170 g/mol. The Morgan fingerprint density at radius 1 is 1.23 bits per heavy atom. The third-order valence-electron chi connectivity index (χ3n) is 2.62. The van der Waals surface area contributed by atoms with E-state index in [1.54, 1.807) is 0 Å². The monoisotopic (exact) mass is 185 g/mol. The fourth-order valence-electron chi connectivity index (χ4n) is 1.99. The average molecular weight is 185 g/mol. The van der Waals surface area contributed by atoms with Crippen LogP contribution in [-0.2, 0) is 14.3 Å². The van der Waals surface area contributed by atoms with Crippen LogP contribution in [0.1, 0.15) is 13.3 Å². The van der Waals surface area contributed by atoms with Crippen molar-refractivity contribution in [2.75, 3.05) is 26.4 Å². The number of amides is 1. The number of fused-ring (bicyclic) bond motifs is 2. The summed E-state index contributed by atoms with van der Waals surface area (Å²) < 4.78 is 10.8. The molecule has 0 saturated carbocycles. The van der Waals surface area contributed by atoms with Crippen molar-refractivity contribution in [1.82, 2.24) is 4.90 Å². The maximum atomic E-state index is 11.6. The highest BCUT2D eigenvalue weighted by Gasteiger charge is 2.37. The Labute approximate surface area is 77.8 Å². The van der Waals surface area contributed by atoms with Crippen LogP contribution in [0.25, 0.3) is 0 Å². The van der Waals surface area contributed by atoms with Crippen LogP contribution in [-0.4, -0.2) is 49.3 Å². The van der Waals surface area contributed by atoms with Crippen LogP contribution >= 0.6 is 0 Å². The summed E-state index contributed by atoms with van der Waals surface area (Å²) in [7, 11) is 0. The molecular formula is C9H15NO3. The van der Waals surface area contributed by atoms with Gasteiger partial charge in [-0.2, -0.15) is 0 Å². The predicted octanol–water partition coefficient (Wildman–Crippen LogP) is 0.0226. The fraction of sp³-hybridized carbons (Fsp3) is 0.889. The van der Waals surface area contributed by atoms with Gasteiger partial charge in [-0.25, -0.2) is 0 Å². The molecule has 0 aromatic carbocycles. The first-order valence-corrected chi connectivity index (χ1v) is 4.79. The molecule has 1 amide bonds. The fourth-order valence-corrected chi connectivity index (χ4v) is 1.99. The molecule has 4 nitrogen and oxygen atoms in total. The van der Waals surface area contributed by atoms with Crippen LogP contribution in [0.5, 0.6) is 0 Å². The van der Waals surface area contributed by atoms with Gasteiger partial charge in [0, 0.05) is 6.42 Å². The predicted molar refractivity (Wildman–Crippen MR) is 46.4 cm³/mol. The number of hydrogen-bond donors (Lipinski definition) is 0. The highest BCUT2D eigenvalue weighted by Crippen LogP contribution is 2.19. The van der Waals surface area contributed by atoms with Gasteiger partial charge in [0.15, 0.2) is 0 Å². The van der Waals surface area contributed by atoms with Crippen molar-refractivity contribution in [3.63, 3.8) is 0 Å². The second kappa shape index (κ2) is 3.64. The molecule has 2 fully saturated rings. The molecule has 4 heteroatoms. The molecule has 0 aliphatic carbocycles. The van der Waals surface area contributed by atoms with Gasteiger partial charge < -0.3 is 14.4 Å². The molecule has 0 unspecified atom stereocenters.